The van der Waals surface area contributed by atoms with Gasteiger partial charge in [-0.3, -0.25) is 4.90 Å². The first kappa shape index (κ1) is 23.4. The van der Waals surface area contributed by atoms with Crippen molar-refractivity contribution < 1.29 is 18.7 Å². The third kappa shape index (κ3) is 4.38. The van der Waals surface area contributed by atoms with Gasteiger partial charge in [-0.05, 0) is 91.6 Å². The van der Waals surface area contributed by atoms with E-state index in [0.29, 0.717) is 34.4 Å². The fraction of sp³-hybridized carbons (Fsp3) is 0.519. The first-order chi connectivity index (χ1) is 16.2. The molecule has 2 bridgehead atoms. The van der Waals surface area contributed by atoms with E-state index in [9.17, 15) is 4.79 Å². The summed E-state index contributed by atoms with van der Waals surface area (Å²) in [6, 6.07) is 8.46. The number of amides is 1. The van der Waals surface area contributed by atoms with E-state index in [2.05, 4.69) is 24.1 Å². The fourth-order valence-corrected chi connectivity index (χ4v) is 6.07. The Morgan fingerprint density at radius 1 is 1.24 bits per heavy atom. The van der Waals surface area contributed by atoms with Crippen LogP contribution in [0, 0.1) is 17.2 Å². The van der Waals surface area contributed by atoms with Crippen LogP contribution in [0.5, 0.6) is 5.75 Å². The molecule has 1 N–H and O–H groups in total. The van der Waals surface area contributed by atoms with E-state index in [-0.39, 0.29) is 23.4 Å². The van der Waals surface area contributed by atoms with Gasteiger partial charge in [-0.2, -0.15) is 0 Å². The predicted molar refractivity (Wildman–Crippen MR) is 131 cm³/mol. The maximum Gasteiger partial charge on any atom is 0.407 e. The number of hydrogen-bond acceptors (Lipinski definition) is 4. The van der Waals surface area contributed by atoms with Gasteiger partial charge in [0.2, 0.25) is 0 Å². The van der Waals surface area contributed by atoms with Crippen molar-refractivity contribution >= 4 is 17.7 Å². The van der Waals surface area contributed by atoms with Gasteiger partial charge in [0.05, 0.1) is 17.7 Å². The summed E-state index contributed by atoms with van der Waals surface area (Å²) >= 11 is 6.35. The van der Waals surface area contributed by atoms with Crippen molar-refractivity contribution in [2.24, 2.45) is 11.3 Å². The van der Waals surface area contributed by atoms with Crippen LogP contribution in [0.4, 0.5) is 9.18 Å². The summed E-state index contributed by atoms with van der Waals surface area (Å²) in [6.45, 7) is 9.59. The van der Waals surface area contributed by atoms with Gasteiger partial charge in [0.25, 0.3) is 0 Å². The molecule has 0 unspecified atom stereocenters. The van der Waals surface area contributed by atoms with Crippen LogP contribution in [0.15, 0.2) is 30.3 Å². The molecule has 3 fully saturated rings. The summed E-state index contributed by atoms with van der Waals surface area (Å²) in [7, 11) is 0. The maximum absolute atomic E-state index is 15.3. The number of carbonyl (C=O) groups excluding carboxylic acids is 1. The molecule has 3 heterocycles. The average molecular weight is 487 g/mol. The molecule has 0 spiro atoms. The van der Waals surface area contributed by atoms with Crippen molar-refractivity contribution in [3.63, 3.8) is 0 Å². The lowest BCUT2D eigenvalue weighted by atomic mass is 9.85. The summed E-state index contributed by atoms with van der Waals surface area (Å²) in [5.74, 6) is 0.691. The largest absolute Gasteiger partial charge is 0.492 e. The van der Waals surface area contributed by atoms with E-state index in [1.54, 1.807) is 18.2 Å². The van der Waals surface area contributed by atoms with Gasteiger partial charge in [0.1, 0.15) is 17.7 Å². The summed E-state index contributed by atoms with van der Waals surface area (Å²) < 4.78 is 26.7. The molecule has 0 radical (unpaired) electrons. The minimum atomic E-state index is -0.410. The van der Waals surface area contributed by atoms with E-state index in [1.165, 1.54) is 0 Å². The van der Waals surface area contributed by atoms with Gasteiger partial charge in [-0.1, -0.05) is 31.5 Å². The van der Waals surface area contributed by atoms with Gasteiger partial charge >= 0.3 is 6.09 Å². The molecule has 3 saturated heterocycles. The molecule has 3 aliphatic heterocycles. The molecule has 2 atom stereocenters. The first-order valence-electron chi connectivity index (χ1n) is 12.2. The lowest BCUT2D eigenvalue weighted by Crippen LogP contribution is -2.53. The Labute approximate surface area is 205 Å². The Bertz CT molecular complexity index is 1100. The van der Waals surface area contributed by atoms with Crippen molar-refractivity contribution in [2.45, 2.75) is 52.2 Å². The number of nitrogens with one attached hydrogen (secondary N) is 1. The molecule has 7 heteroatoms. The van der Waals surface area contributed by atoms with Gasteiger partial charge in [0, 0.05) is 12.1 Å². The quantitative estimate of drug-likeness (QED) is 0.564. The van der Waals surface area contributed by atoms with E-state index >= 15 is 4.39 Å². The number of hydrogen-bond donors (Lipinski definition) is 1. The number of alkyl carbamates (subject to hydrolysis) is 1. The molecule has 5 nitrogen and oxygen atoms in total. The van der Waals surface area contributed by atoms with Crippen LogP contribution in [0.1, 0.15) is 50.8 Å². The zero-order valence-corrected chi connectivity index (χ0v) is 20.8. The molecular formula is C27H32ClFN2O3. The zero-order chi connectivity index (χ0) is 24.0. The van der Waals surface area contributed by atoms with Crippen molar-refractivity contribution in [3.8, 4) is 16.9 Å². The molecule has 0 aromatic heterocycles. The Morgan fingerprint density at radius 2 is 2.00 bits per heavy atom. The van der Waals surface area contributed by atoms with Crippen LogP contribution in [0.3, 0.4) is 0 Å². The second-order valence-electron chi connectivity index (χ2n) is 10.4. The van der Waals surface area contributed by atoms with Crippen LogP contribution in [0.25, 0.3) is 11.1 Å². The van der Waals surface area contributed by atoms with Crippen molar-refractivity contribution in [1.82, 2.24) is 10.2 Å². The minimum Gasteiger partial charge on any atom is -0.492 e. The second kappa shape index (κ2) is 9.04. The van der Waals surface area contributed by atoms with Gasteiger partial charge in [-0.25, -0.2) is 9.18 Å². The molecule has 6 rings (SSSR count). The Hall–Kier alpha value is -2.31. The lowest BCUT2D eigenvalue weighted by molar-refractivity contribution is -0.0349. The lowest BCUT2D eigenvalue weighted by Gasteiger charge is -2.44. The SMILES string of the molecule is CCOc1ccc(-c2cc3c(cc2F)[C@H](NC(=O)O[C@H]2CN4CCC2CC4)C(C)(C)C3)cc1Cl. The third-order valence-electron chi connectivity index (χ3n) is 7.63. The zero-order valence-electron chi connectivity index (χ0n) is 20.0. The van der Waals surface area contributed by atoms with Crippen LogP contribution in [-0.2, 0) is 11.2 Å². The monoisotopic (exact) mass is 486 g/mol. The van der Waals surface area contributed by atoms with Crippen LogP contribution < -0.4 is 10.1 Å². The smallest absolute Gasteiger partial charge is 0.407 e. The highest BCUT2D eigenvalue weighted by atomic mass is 35.5. The number of piperidine rings is 3. The summed E-state index contributed by atoms with van der Waals surface area (Å²) in [5, 5.41) is 3.52. The van der Waals surface area contributed by atoms with Crippen LogP contribution in [0.2, 0.25) is 5.02 Å². The first-order valence-corrected chi connectivity index (χ1v) is 12.6. The summed E-state index contributed by atoms with van der Waals surface area (Å²) in [4.78, 5) is 15.2. The number of nitrogens with zero attached hydrogens (tertiary/aromatic N) is 1. The highest BCUT2D eigenvalue weighted by molar-refractivity contribution is 6.32. The highest BCUT2D eigenvalue weighted by Gasteiger charge is 2.42. The number of ether oxygens (including phenoxy) is 2. The Morgan fingerprint density at radius 3 is 2.65 bits per heavy atom. The van der Waals surface area contributed by atoms with E-state index < -0.39 is 6.09 Å². The molecule has 4 aliphatic rings. The third-order valence-corrected chi connectivity index (χ3v) is 7.92. The summed E-state index contributed by atoms with van der Waals surface area (Å²) in [5.41, 5.74) is 2.77. The number of fused-ring (bicyclic) bond motifs is 4. The van der Waals surface area contributed by atoms with Crippen molar-refractivity contribution in [1.29, 1.82) is 0 Å². The maximum atomic E-state index is 15.3. The minimum absolute atomic E-state index is 0.0602. The number of carbonyl (C=O) groups is 1. The van der Waals surface area contributed by atoms with Gasteiger partial charge in [-0.15, -0.1) is 0 Å². The van der Waals surface area contributed by atoms with E-state index in [0.717, 1.165) is 50.0 Å². The highest BCUT2D eigenvalue weighted by Crippen LogP contribution is 2.47. The summed E-state index contributed by atoms with van der Waals surface area (Å²) in [6.07, 6.45) is 2.42. The Balaban J connectivity index is 1.36. The average Bonchev–Trinajstić information content (AvgIpc) is 3.04. The molecule has 182 valence electrons. The molecule has 2 aromatic carbocycles. The molecule has 1 aliphatic carbocycles. The van der Waals surface area contributed by atoms with Crippen LogP contribution in [-0.4, -0.2) is 43.3 Å². The fourth-order valence-electron chi connectivity index (χ4n) is 5.84. The van der Waals surface area contributed by atoms with E-state index in [1.807, 2.05) is 19.1 Å². The van der Waals surface area contributed by atoms with Gasteiger partial charge < -0.3 is 14.8 Å². The van der Waals surface area contributed by atoms with Crippen molar-refractivity contribution in [2.75, 3.05) is 26.2 Å². The predicted octanol–water partition coefficient (Wildman–Crippen LogP) is 5.99. The molecule has 1 amide bonds. The molecule has 34 heavy (non-hydrogen) atoms. The second-order valence-corrected chi connectivity index (χ2v) is 10.8. The number of benzene rings is 2. The van der Waals surface area contributed by atoms with Crippen LogP contribution >= 0.6 is 11.6 Å². The topological polar surface area (TPSA) is 50.8 Å². The number of halogens is 2. The molecule has 0 saturated carbocycles. The molecular weight excluding hydrogens is 455 g/mol. The van der Waals surface area contributed by atoms with E-state index in [4.69, 9.17) is 21.1 Å². The number of rotatable bonds is 5. The van der Waals surface area contributed by atoms with Crippen molar-refractivity contribution in [3.05, 3.63) is 52.3 Å². The Kier molecular flexibility index (Phi) is 6.23. The van der Waals surface area contributed by atoms with Gasteiger partial charge in [0.15, 0.2) is 0 Å². The molecule has 2 aromatic rings. The standard InChI is InChI=1S/C27H32ClFN2O3/c1-4-33-23-6-5-17(12-21(23)28)19-11-18-14-27(2,3)25(20(18)13-22(19)29)30-26(32)34-24-15-31-9-7-16(24)8-10-31/h5-6,11-13,16,24-25H,4,7-10,14-15H2,1-3H3,(H,30,32)/t24-,25-/m0/s1. The normalized spacial score (nSPS) is 26.7.